The standard InChI is InChI=1S/C15H14N2O2/c1-2-4-11-7-8-15(16)14(9-11)12-5-3-6-13(10-12)17(18)19/h2-10H,16H2,1H3. The van der Waals surface area contributed by atoms with Gasteiger partial charge in [-0.05, 0) is 30.2 Å². The Hall–Kier alpha value is -2.62. The lowest BCUT2D eigenvalue weighted by molar-refractivity contribution is -0.384. The molecule has 0 unspecified atom stereocenters. The number of hydrogen-bond donors (Lipinski definition) is 1. The molecule has 0 aliphatic carbocycles. The Morgan fingerprint density at radius 1 is 1.21 bits per heavy atom. The molecule has 0 saturated heterocycles. The van der Waals surface area contributed by atoms with E-state index in [9.17, 15) is 10.1 Å². The summed E-state index contributed by atoms with van der Waals surface area (Å²) in [5.41, 5.74) is 9.18. The summed E-state index contributed by atoms with van der Waals surface area (Å²) >= 11 is 0. The van der Waals surface area contributed by atoms with Crippen molar-refractivity contribution in [3.63, 3.8) is 0 Å². The van der Waals surface area contributed by atoms with Crippen molar-refractivity contribution >= 4 is 17.5 Å². The first-order valence-electron chi connectivity index (χ1n) is 5.89. The lowest BCUT2D eigenvalue weighted by atomic mass is 10.0. The van der Waals surface area contributed by atoms with Crippen LogP contribution in [-0.2, 0) is 0 Å². The van der Waals surface area contributed by atoms with Gasteiger partial charge in [0.2, 0.25) is 0 Å². The van der Waals surface area contributed by atoms with Gasteiger partial charge in [-0.2, -0.15) is 0 Å². The number of allylic oxidation sites excluding steroid dienone is 1. The van der Waals surface area contributed by atoms with Crippen molar-refractivity contribution in [1.29, 1.82) is 0 Å². The number of hydrogen-bond acceptors (Lipinski definition) is 3. The number of nitrogen functional groups attached to an aromatic ring is 1. The molecule has 0 amide bonds. The van der Waals surface area contributed by atoms with E-state index in [4.69, 9.17) is 5.73 Å². The number of nitrogens with zero attached hydrogens (tertiary/aromatic N) is 1. The second kappa shape index (κ2) is 5.35. The lowest BCUT2D eigenvalue weighted by Crippen LogP contribution is -1.92. The van der Waals surface area contributed by atoms with Crippen molar-refractivity contribution in [2.75, 3.05) is 5.73 Å². The minimum absolute atomic E-state index is 0.0633. The molecule has 2 aromatic rings. The third-order valence-electron chi connectivity index (χ3n) is 2.80. The summed E-state index contributed by atoms with van der Waals surface area (Å²) in [5, 5.41) is 10.8. The summed E-state index contributed by atoms with van der Waals surface area (Å²) in [4.78, 5) is 10.4. The van der Waals surface area contributed by atoms with Crippen LogP contribution in [0.5, 0.6) is 0 Å². The maximum absolute atomic E-state index is 10.8. The first-order valence-corrected chi connectivity index (χ1v) is 5.89. The lowest BCUT2D eigenvalue weighted by Gasteiger charge is -2.07. The SMILES string of the molecule is CC=Cc1ccc(N)c(-c2cccc([N+](=O)[O-])c2)c1. The molecule has 2 N–H and O–H groups in total. The van der Waals surface area contributed by atoms with Gasteiger partial charge < -0.3 is 5.73 Å². The van der Waals surface area contributed by atoms with E-state index in [1.54, 1.807) is 6.07 Å². The normalized spacial score (nSPS) is 10.8. The highest BCUT2D eigenvalue weighted by molar-refractivity contribution is 5.79. The van der Waals surface area contributed by atoms with Crippen LogP contribution in [0.3, 0.4) is 0 Å². The van der Waals surface area contributed by atoms with Gasteiger partial charge in [0.15, 0.2) is 0 Å². The Kier molecular flexibility index (Phi) is 3.61. The minimum Gasteiger partial charge on any atom is -0.398 e. The third-order valence-corrected chi connectivity index (χ3v) is 2.80. The molecule has 0 spiro atoms. The molecule has 0 bridgehead atoms. The van der Waals surface area contributed by atoms with Crippen molar-refractivity contribution in [3.8, 4) is 11.1 Å². The van der Waals surface area contributed by atoms with Crippen molar-refractivity contribution in [1.82, 2.24) is 0 Å². The van der Waals surface area contributed by atoms with E-state index < -0.39 is 4.92 Å². The summed E-state index contributed by atoms with van der Waals surface area (Å²) in [6.45, 7) is 1.93. The number of anilines is 1. The van der Waals surface area contributed by atoms with E-state index in [2.05, 4.69) is 0 Å². The molecule has 0 heterocycles. The first kappa shape index (κ1) is 12.8. The van der Waals surface area contributed by atoms with Crippen LogP contribution in [0.15, 0.2) is 48.5 Å². The van der Waals surface area contributed by atoms with Crippen molar-refractivity contribution in [2.24, 2.45) is 0 Å². The van der Waals surface area contributed by atoms with Gasteiger partial charge in [-0.1, -0.05) is 30.4 Å². The van der Waals surface area contributed by atoms with E-state index in [0.717, 1.165) is 16.7 Å². The minimum atomic E-state index is -0.407. The number of benzene rings is 2. The highest BCUT2D eigenvalue weighted by Gasteiger charge is 2.09. The maximum atomic E-state index is 10.8. The second-order valence-electron chi connectivity index (χ2n) is 4.15. The number of nitro benzene ring substituents is 1. The number of nitrogens with two attached hydrogens (primary N) is 1. The molecular formula is C15H14N2O2. The smallest absolute Gasteiger partial charge is 0.270 e. The summed E-state index contributed by atoms with van der Waals surface area (Å²) < 4.78 is 0. The number of nitro groups is 1. The van der Waals surface area contributed by atoms with Crippen LogP contribution in [0, 0.1) is 10.1 Å². The zero-order valence-electron chi connectivity index (χ0n) is 10.5. The molecule has 0 aliphatic rings. The van der Waals surface area contributed by atoms with E-state index in [0.29, 0.717) is 5.69 Å². The zero-order chi connectivity index (χ0) is 13.8. The zero-order valence-corrected chi connectivity index (χ0v) is 10.5. The van der Waals surface area contributed by atoms with Crippen LogP contribution in [-0.4, -0.2) is 4.92 Å². The van der Waals surface area contributed by atoms with Gasteiger partial charge in [0.25, 0.3) is 5.69 Å². The second-order valence-corrected chi connectivity index (χ2v) is 4.15. The van der Waals surface area contributed by atoms with E-state index >= 15 is 0 Å². The van der Waals surface area contributed by atoms with E-state index in [1.807, 2.05) is 43.3 Å². The fourth-order valence-electron chi connectivity index (χ4n) is 1.91. The molecule has 4 heteroatoms. The quantitative estimate of drug-likeness (QED) is 0.513. The molecule has 0 radical (unpaired) electrons. The highest BCUT2D eigenvalue weighted by Crippen LogP contribution is 2.29. The molecule has 2 rings (SSSR count). The van der Waals surface area contributed by atoms with E-state index in [-0.39, 0.29) is 5.69 Å². The molecule has 19 heavy (non-hydrogen) atoms. The van der Waals surface area contributed by atoms with Crippen molar-refractivity contribution in [3.05, 3.63) is 64.2 Å². The number of rotatable bonds is 3. The van der Waals surface area contributed by atoms with E-state index in [1.165, 1.54) is 12.1 Å². The molecule has 4 nitrogen and oxygen atoms in total. The Balaban J connectivity index is 2.54. The summed E-state index contributed by atoms with van der Waals surface area (Å²) in [7, 11) is 0. The van der Waals surface area contributed by atoms with Crippen LogP contribution in [0.1, 0.15) is 12.5 Å². The van der Waals surface area contributed by atoms with Crippen LogP contribution < -0.4 is 5.73 Å². The van der Waals surface area contributed by atoms with Gasteiger partial charge in [-0.15, -0.1) is 0 Å². The molecule has 0 aliphatic heterocycles. The van der Waals surface area contributed by atoms with Gasteiger partial charge in [0, 0.05) is 23.4 Å². The number of non-ortho nitro benzene ring substituents is 1. The fourth-order valence-corrected chi connectivity index (χ4v) is 1.91. The molecule has 0 atom stereocenters. The topological polar surface area (TPSA) is 69.2 Å². The van der Waals surface area contributed by atoms with Crippen molar-refractivity contribution < 1.29 is 4.92 Å². The highest BCUT2D eigenvalue weighted by atomic mass is 16.6. The monoisotopic (exact) mass is 254 g/mol. The third kappa shape index (κ3) is 2.80. The van der Waals surface area contributed by atoms with Crippen molar-refractivity contribution in [2.45, 2.75) is 6.92 Å². The fraction of sp³-hybridized carbons (Fsp3) is 0.0667. The summed E-state index contributed by atoms with van der Waals surface area (Å²) in [6.07, 6.45) is 3.89. The summed E-state index contributed by atoms with van der Waals surface area (Å²) in [5.74, 6) is 0. The molecule has 0 fully saturated rings. The molecule has 96 valence electrons. The van der Waals surface area contributed by atoms with Gasteiger partial charge in [-0.3, -0.25) is 10.1 Å². The van der Waals surface area contributed by atoms with Crippen LogP contribution in [0.4, 0.5) is 11.4 Å². The van der Waals surface area contributed by atoms with Gasteiger partial charge in [0.1, 0.15) is 0 Å². The largest absolute Gasteiger partial charge is 0.398 e. The molecular weight excluding hydrogens is 240 g/mol. The maximum Gasteiger partial charge on any atom is 0.270 e. The molecule has 2 aromatic carbocycles. The predicted octanol–water partition coefficient (Wildman–Crippen LogP) is 3.88. The average molecular weight is 254 g/mol. The Morgan fingerprint density at radius 2 is 2.00 bits per heavy atom. The Morgan fingerprint density at radius 3 is 2.68 bits per heavy atom. The summed E-state index contributed by atoms with van der Waals surface area (Å²) in [6, 6.07) is 12.1. The first-order chi connectivity index (χ1) is 9.11. The van der Waals surface area contributed by atoms with Gasteiger partial charge in [-0.25, -0.2) is 0 Å². The van der Waals surface area contributed by atoms with Gasteiger partial charge in [0.05, 0.1) is 4.92 Å². The Bertz CT molecular complexity index is 648. The predicted molar refractivity (Wildman–Crippen MR) is 77.7 cm³/mol. The Labute approximate surface area is 111 Å². The van der Waals surface area contributed by atoms with Crippen LogP contribution in [0.25, 0.3) is 17.2 Å². The van der Waals surface area contributed by atoms with Gasteiger partial charge >= 0.3 is 0 Å². The van der Waals surface area contributed by atoms with Crippen LogP contribution in [0.2, 0.25) is 0 Å². The molecule has 0 saturated carbocycles. The average Bonchev–Trinajstić information content (AvgIpc) is 2.41. The van der Waals surface area contributed by atoms with Crippen LogP contribution >= 0.6 is 0 Å². The molecule has 0 aromatic heterocycles.